The Morgan fingerprint density at radius 2 is 2.09 bits per heavy atom. The van der Waals surface area contributed by atoms with Gasteiger partial charge in [0.2, 0.25) is 11.8 Å². The molecule has 0 aromatic heterocycles. The molecule has 1 heterocycles. The van der Waals surface area contributed by atoms with Gasteiger partial charge in [-0.1, -0.05) is 24.6 Å². The van der Waals surface area contributed by atoms with Gasteiger partial charge in [-0.05, 0) is 49.8 Å². The van der Waals surface area contributed by atoms with E-state index in [1.807, 2.05) is 24.0 Å². The molecule has 0 bridgehead atoms. The maximum atomic E-state index is 12.5. The monoisotopic (exact) mass is 334 g/mol. The molecule has 4 nitrogen and oxygen atoms in total. The lowest BCUT2D eigenvalue weighted by atomic mass is 10.00. The predicted octanol–water partition coefficient (Wildman–Crippen LogP) is 3.48. The van der Waals surface area contributed by atoms with E-state index in [9.17, 15) is 9.59 Å². The number of benzene rings is 1. The molecule has 1 saturated carbocycles. The Morgan fingerprint density at radius 3 is 2.78 bits per heavy atom. The van der Waals surface area contributed by atoms with Crippen molar-refractivity contribution in [2.75, 3.05) is 18.4 Å². The Hall–Kier alpha value is -1.55. The molecule has 1 saturated heterocycles. The van der Waals surface area contributed by atoms with E-state index >= 15 is 0 Å². The molecule has 1 aromatic rings. The summed E-state index contributed by atoms with van der Waals surface area (Å²) in [7, 11) is 0. The largest absolute Gasteiger partial charge is 0.342 e. The number of aryl methyl sites for hydroxylation is 1. The molecule has 3 atom stereocenters. The first-order chi connectivity index (χ1) is 11.0. The Morgan fingerprint density at radius 1 is 1.30 bits per heavy atom. The van der Waals surface area contributed by atoms with Gasteiger partial charge in [0.25, 0.3) is 0 Å². The van der Waals surface area contributed by atoms with E-state index in [2.05, 4.69) is 12.2 Å². The van der Waals surface area contributed by atoms with E-state index in [0.717, 1.165) is 25.1 Å². The number of nitrogens with one attached hydrogen (secondary N) is 1. The summed E-state index contributed by atoms with van der Waals surface area (Å²) in [4.78, 5) is 26.7. The normalized spacial score (nSPS) is 26.7. The summed E-state index contributed by atoms with van der Waals surface area (Å²) in [5, 5.41) is 3.51. The van der Waals surface area contributed by atoms with Gasteiger partial charge >= 0.3 is 0 Å². The van der Waals surface area contributed by atoms with E-state index in [4.69, 9.17) is 11.6 Å². The molecule has 23 heavy (non-hydrogen) atoms. The first kappa shape index (κ1) is 16.3. The Bertz CT molecular complexity index is 631. The van der Waals surface area contributed by atoms with Crippen molar-refractivity contribution >= 4 is 29.1 Å². The minimum absolute atomic E-state index is 0.0756. The van der Waals surface area contributed by atoms with Gasteiger partial charge in [-0.2, -0.15) is 0 Å². The smallest absolute Gasteiger partial charge is 0.228 e. The quantitative estimate of drug-likeness (QED) is 0.920. The van der Waals surface area contributed by atoms with Crippen LogP contribution in [0.5, 0.6) is 0 Å². The number of piperidine rings is 1. The summed E-state index contributed by atoms with van der Waals surface area (Å²) >= 11 is 6.07. The number of nitrogens with zero attached hydrogens (tertiary/aromatic N) is 1. The molecule has 1 N–H and O–H groups in total. The fourth-order valence-electron chi connectivity index (χ4n) is 3.29. The van der Waals surface area contributed by atoms with Crippen LogP contribution in [0.1, 0.15) is 31.7 Å². The SMILES string of the molecule is Cc1ccc(NC(=O)C2CC2C(=O)N2CCCC(C)C2)cc1Cl. The number of carbonyl (C=O) groups excluding carboxylic acids is 2. The lowest BCUT2D eigenvalue weighted by Gasteiger charge is -2.31. The van der Waals surface area contributed by atoms with Crippen LogP contribution in [0.2, 0.25) is 5.02 Å². The third-order valence-corrected chi connectivity index (χ3v) is 5.26. The standard InChI is InChI=1S/C18H23ClN2O2/c1-11-4-3-7-21(10-11)18(23)15-9-14(15)17(22)20-13-6-5-12(2)16(19)8-13/h5-6,8,11,14-15H,3-4,7,9-10H2,1-2H3,(H,20,22). The number of carbonyl (C=O) groups is 2. The number of halogens is 1. The molecule has 2 fully saturated rings. The molecule has 3 rings (SSSR count). The van der Waals surface area contributed by atoms with Crippen LogP contribution in [0.25, 0.3) is 0 Å². The Labute approximate surface area is 142 Å². The molecule has 124 valence electrons. The van der Waals surface area contributed by atoms with Gasteiger partial charge in [0.15, 0.2) is 0 Å². The van der Waals surface area contributed by atoms with Gasteiger partial charge in [0.1, 0.15) is 0 Å². The van der Waals surface area contributed by atoms with Gasteiger partial charge in [-0.3, -0.25) is 9.59 Å². The zero-order valence-electron chi connectivity index (χ0n) is 13.6. The number of rotatable bonds is 3. The Kier molecular flexibility index (Phi) is 4.62. The van der Waals surface area contributed by atoms with Crippen LogP contribution >= 0.6 is 11.6 Å². The molecule has 0 spiro atoms. The highest BCUT2D eigenvalue weighted by atomic mass is 35.5. The van der Waals surface area contributed by atoms with Crippen molar-refractivity contribution in [1.82, 2.24) is 4.90 Å². The van der Waals surface area contributed by atoms with Crippen molar-refractivity contribution in [3.8, 4) is 0 Å². The van der Waals surface area contributed by atoms with Crippen molar-refractivity contribution in [1.29, 1.82) is 0 Å². The third kappa shape index (κ3) is 3.69. The van der Waals surface area contributed by atoms with Crippen LogP contribution in [0.4, 0.5) is 5.69 Å². The number of likely N-dealkylation sites (tertiary alicyclic amines) is 1. The molecule has 5 heteroatoms. The minimum atomic E-state index is -0.195. The lowest BCUT2D eigenvalue weighted by Crippen LogP contribution is -2.40. The minimum Gasteiger partial charge on any atom is -0.342 e. The number of hydrogen-bond donors (Lipinski definition) is 1. The van der Waals surface area contributed by atoms with Gasteiger partial charge in [-0.15, -0.1) is 0 Å². The van der Waals surface area contributed by atoms with Crippen molar-refractivity contribution < 1.29 is 9.59 Å². The van der Waals surface area contributed by atoms with E-state index in [0.29, 0.717) is 23.0 Å². The number of amides is 2. The topological polar surface area (TPSA) is 49.4 Å². The van der Waals surface area contributed by atoms with E-state index in [1.54, 1.807) is 6.07 Å². The predicted molar refractivity (Wildman–Crippen MR) is 91.4 cm³/mol. The zero-order chi connectivity index (χ0) is 16.6. The van der Waals surface area contributed by atoms with Crippen molar-refractivity contribution in [3.05, 3.63) is 28.8 Å². The lowest BCUT2D eigenvalue weighted by molar-refractivity contribution is -0.135. The van der Waals surface area contributed by atoms with Crippen molar-refractivity contribution in [2.24, 2.45) is 17.8 Å². The van der Waals surface area contributed by atoms with Gasteiger partial charge in [0, 0.05) is 23.8 Å². The van der Waals surface area contributed by atoms with E-state index in [-0.39, 0.29) is 23.7 Å². The second kappa shape index (κ2) is 6.52. The summed E-state index contributed by atoms with van der Waals surface area (Å²) in [6.45, 7) is 5.76. The molecule has 3 unspecified atom stereocenters. The molecule has 0 radical (unpaired) electrons. The van der Waals surface area contributed by atoms with Gasteiger partial charge in [0.05, 0.1) is 11.8 Å². The van der Waals surface area contributed by atoms with Crippen molar-refractivity contribution in [2.45, 2.75) is 33.1 Å². The molecule has 2 aliphatic rings. The summed E-state index contributed by atoms with van der Waals surface area (Å²) in [6.07, 6.45) is 2.92. The highest BCUT2D eigenvalue weighted by Gasteiger charge is 2.49. The summed E-state index contributed by atoms with van der Waals surface area (Å²) < 4.78 is 0. The van der Waals surface area contributed by atoms with Crippen LogP contribution in [0.15, 0.2) is 18.2 Å². The maximum absolute atomic E-state index is 12.5. The second-order valence-electron chi connectivity index (χ2n) is 6.93. The van der Waals surface area contributed by atoms with Gasteiger partial charge < -0.3 is 10.2 Å². The summed E-state index contributed by atoms with van der Waals surface area (Å²) in [5.41, 5.74) is 1.67. The van der Waals surface area contributed by atoms with Crippen LogP contribution in [-0.4, -0.2) is 29.8 Å². The third-order valence-electron chi connectivity index (χ3n) is 4.85. The van der Waals surface area contributed by atoms with Crippen LogP contribution in [0.3, 0.4) is 0 Å². The highest BCUT2D eigenvalue weighted by molar-refractivity contribution is 6.31. The van der Waals surface area contributed by atoms with Crippen LogP contribution in [0, 0.1) is 24.7 Å². The fourth-order valence-corrected chi connectivity index (χ4v) is 3.47. The number of anilines is 1. The molecule has 2 amide bonds. The van der Waals surface area contributed by atoms with E-state index < -0.39 is 0 Å². The average Bonchev–Trinajstić information content (AvgIpc) is 3.31. The van der Waals surface area contributed by atoms with Crippen LogP contribution in [-0.2, 0) is 9.59 Å². The summed E-state index contributed by atoms with van der Waals surface area (Å²) in [5.74, 6) is 0.307. The Balaban J connectivity index is 1.56. The first-order valence-electron chi connectivity index (χ1n) is 8.31. The van der Waals surface area contributed by atoms with Gasteiger partial charge in [-0.25, -0.2) is 0 Å². The molecule has 1 aromatic carbocycles. The van der Waals surface area contributed by atoms with Crippen molar-refractivity contribution in [3.63, 3.8) is 0 Å². The zero-order valence-corrected chi connectivity index (χ0v) is 14.4. The molecular weight excluding hydrogens is 312 g/mol. The first-order valence-corrected chi connectivity index (χ1v) is 8.69. The second-order valence-corrected chi connectivity index (χ2v) is 7.34. The summed E-state index contributed by atoms with van der Waals surface area (Å²) in [6, 6.07) is 5.47. The van der Waals surface area contributed by atoms with Crippen LogP contribution < -0.4 is 5.32 Å². The highest BCUT2D eigenvalue weighted by Crippen LogP contribution is 2.41. The van der Waals surface area contributed by atoms with E-state index in [1.165, 1.54) is 6.42 Å². The number of hydrogen-bond acceptors (Lipinski definition) is 2. The molecule has 1 aliphatic carbocycles. The maximum Gasteiger partial charge on any atom is 0.228 e. The molecular formula is C18H23ClN2O2. The average molecular weight is 335 g/mol. The molecule has 1 aliphatic heterocycles. The fraction of sp³-hybridized carbons (Fsp3) is 0.556.